The van der Waals surface area contributed by atoms with Crippen LogP contribution in [0.25, 0.3) is 11.4 Å². The van der Waals surface area contributed by atoms with E-state index in [2.05, 4.69) is 39.6 Å². The van der Waals surface area contributed by atoms with Crippen molar-refractivity contribution in [2.24, 2.45) is 5.92 Å². The van der Waals surface area contributed by atoms with Crippen molar-refractivity contribution in [2.75, 3.05) is 11.4 Å². The summed E-state index contributed by atoms with van der Waals surface area (Å²) in [6.45, 7) is 6.34. The highest BCUT2D eigenvalue weighted by atomic mass is 19.1. The first-order chi connectivity index (χ1) is 18.3. The van der Waals surface area contributed by atoms with Crippen LogP contribution in [0.5, 0.6) is 0 Å². The molecule has 4 rings (SSSR count). The van der Waals surface area contributed by atoms with Crippen molar-refractivity contribution in [1.82, 2.24) is 30.5 Å². The summed E-state index contributed by atoms with van der Waals surface area (Å²) < 4.78 is 13.3. The Balaban J connectivity index is 1.67. The van der Waals surface area contributed by atoms with Gasteiger partial charge in [-0.2, -0.15) is 4.80 Å². The maximum Gasteiger partial charge on any atom is 0.251 e. The molecule has 0 unspecified atom stereocenters. The summed E-state index contributed by atoms with van der Waals surface area (Å²) in [5, 5.41) is 15.3. The lowest BCUT2D eigenvalue weighted by Crippen LogP contribution is -2.45. The Morgan fingerprint density at radius 3 is 2.34 bits per heavy atom. The number of anilines is 1. The summed E-state index contributed by atoms with van der Waals surface area (Å²) in [7, 11) is 0. The molecule has 9 nitrogen and oxygen atoms in total. The molecular formula is C28H30FN7O2. The van der Waals surface area contributed by atoms with E-state index >= 15 is 0 Å². The predicted octanol–water partition coefficient (Wildman–Crippen LogP) is 4.12. The fraction of sp³-hybridized carbons (Fsp3) is 0.286. The van der Waals surface area contributed by atoms with Gasteiger partial charge in [0.05, 0.1) is 0 Å². The van der Waals surface area contributed by atoms with Crippen LogP contribution >= 0.6 is 0 Å². The van der Waals surface area contributed by atoms with Crippen LogP contribution in [0.2, 0.25) is 0 Å². The van der Waals surface area contributed by atoms with E-state index in [1.165, 1.54) is 34.0 Å². The number of hydrogen-bond acceptors (Lipinski definition) is 6. The van der Waals surface area contributed by atoms with E-state index in [9.17, 15) is 14.0 Å². The lowest BCUT2D eigenvalue weighted by Gasteiger charge is -2.31. The van der Waals surface area contributed by atoms with E-state index in [1.807, 2.05) is 31.2 Å². The third-order valence-electron chi connectivity index (χ3n) is 5.96. The van der Waals surface area contributed by atoms with Crippen LogP contribution in [0.4, 0.5) is 10.1 Å². The minimum Gasteiger partial charge on any atom is -0.354 e. The van der Waals surface area contributed by atoms with Crippen molar-refractivity contribution in [1.29, 1.82) is 0 Å². The standard InChI is InChI=1S/C28H30FN7O2/c1-19(2)12-17-31-28(38)26(21-13-15-30-16-14-21)36(24-10-4-20(3)5-11-24)25(37)18-35-33-27(32-34-35)22-6-8-23(29)9-7-22/h4-11,13-16,19,26H,12,17-18H2,1-3H3,(H,31,38)/t26-/m1/s1. The first kappa shape index (κ1) is 26.6. The topological polar surface area (TPSA) is 106 Å². The molecule has 0 saturated carbocycles. The van der Waals surface area contributed by atoms with Gasteiger partial charge in [-0.15, -0.1) is 10.2 Å². The maximum absolute atomic E-state index is 13.8. The number of aromatic nitrogens is 5. The molecular weight excluding hydrogens is 485 g/mol. The summed E-state index contributed by atoms with van der Waals surface area (Å²) >= 11 is 0. The minimum atomic E-state index is -0.944. The number of nitrogens with one attached hydrogen (secondary N) is 1. The smallest absolute Gasteiger partial charge is 0.251 e. The van der Waals surface area contributed by atoms with Gasteiger partial charge in [-0.25, -0.2) is 4.39 Å². The lowest BCUT2D eigenvalue weighted by molar-refractivity contribution is -0.127. The van der Waals surface area contributed by atoms with Crippen molar-refractivity contribution in [2.45, 2.75) is 39.8 Å². The van der Waals surface area contributed by atoms with E-state index in [0.29, 0.717) is 29.3 Å². The third kappa shape index (κ3) is 6.64. The van der Waals surface area contributed by atoms with E-state index in [4.69, 9.17) is 0 Å². The number of hydrogen-bond donors (Lipinski definition) is 1. The monoisotopic (exact) mass is 515 g/mol. The summed E-state index contributed by atoms with van der Waals surface area (Å²) in [5.74, 6) is -0.407. The van der Waals surface area contributed by atoms with Crippen molar-refractivity contribution in [3.63, 3.8) is 0 Å². The normalized spacial score (nSPS) is 11.8. The van der Waals surface area contributed by atoms with Gasteiger partial charge in [-0.1, -0.05) is 31.5 Å². The van der Waals surface area contributed by atoms with Crippen LogP contribution in [0, 0.1) is 18.7 Å². The second-order valence-electron chi connectivity index (χ2n) is 9.41. The van der Waals surface area contributed by atoms with Gasteiger partial charge in [0.25, 0.3) is 5.91 Å². The minimum absolute atomic E-state index is 0.261. The van der Waals surface area contributed by atoms with Gasteiger partial charge < -0.3 is 5.32 Å². The second kappa shape index (κ2) is 12.2. The van der Waals surface area contributed by atoms with Gasteiger partial charge in [0.15, 0.2) is 0 Å². The SMILES string of the molecule is Cc1ccc(N(C(=O)Cn2nnc(-c3ccc(F)cc3)n2)[C@@H](C(=O)NCCC(C)C)c2ccncc2)cc1. The zero-order chi connectivity index (χ0) is 27.1. The van der Waals surface area contributed by atoms with Gasteiger partial charge in [0.1, 0.15) is 18.4 Å². The number of amides is 2. The highest BCUT2D eigenvalue weighted by molar-refractivity contribution is 6.01. The number of carbonyl (C=O) groups is 2. The van der Waals surface area contributed by atoms with Crippen molar-refractivity contribution >= 4 is 17.5 Å². The maximum atomic E-state index is 13.8. The predicted molar refractivity (Wildman–Crippen MR) is 141 cm³/mol. The number of rotatable bonds is 10. The molecule has 0 aliphatic rings. The van der Waals surface area contributed by atoms with Gasteiger partial charge in [-0.05, 0) is 78.6 Å². The average Bonchev–Trinajstić information content (AvgIpc) is 3.36. The third-order valence-corrected chi connectivity index (χ3v) is 5.96. The molecule has 0 bridgehead atoms. The Morgan fingerprint density at radius 2 is 1.68 bits per heavy atom. The number of carbonyl (C=O) groups excluding carboxylic acids is 2. The van der Waals surface area contributed by atoms with Gasteiger partial charge in [0.2, 0.25) is 11.7 Å². The zero-order valence-corrected chi connectivity index (χ0v) is 21.6. The largest absolute Gasteiger partial charge is 0.354 e. The van der Waals surface area contributed by atoms with Crippen LogP contribution in [-0.4, -0.2) is 43.6 Å². The first-order valence-corrected chi connectivity index (χ1v) is 12.4. The van der Waals surface area contributed by atoms with Crippen molar-refractivity contribution in [3.8, 4) is 11.4 Å². The summed E-state index contributed by atoms with van der Waals surface area (Å²) in [6.07, 6.45) is 3.99. The lowest BCUT2D eigenvalue weighted by atomic mass is 10.0. The molecule has 1 atom stereocenters. The Labute approximate surface area is 220 Å². The summed E-state index contributed by atoms with van der Waals surface area (Å²) in [5.41, 5.74) is 2.76. The zero-order valence-electron chi connectivity index (χ0n) is 21.6. The summed E-state index contributed by atoms with van der Waals surface area (Å²) in [6, 6.07) is 15.6. The summed E-state index contributed by atoms with van der Waals surface area (Å²) in [4.78, 5) is 34.1. The number of pyridine rings is 1. The van der Waals surface area contributed by atoms with Crippen LogP contribution in [0.3, 0.4) is 0 Å². The quantitative estimate of drug-likeness (QED) is 0.341. The molecule has 2 aromatic heterocycles. The van der Waals surface area contributed by atoms with Gasteiger partial charge >= 0.3 is 0 Å². The molecule has 196 valence electrons. The first-order valence-electron chi connectivity index (χ1n) is 12.4. The number of halogens is 1. The fourth-order valence-corrected chi connectivity index (χ4v) is 3.91. The molecule has 0 aliphatic heterocycles. The molecule has 0 fully saturated rings. The molecule has 4 aromatic rings. The molecule has 0 aliphatic carbocycles. The average molecular weight is 516 g/mol. The fourth-order valence-electron chi connectivity index (χ4n) is 3.91. The molecule has 38 heavy (non-hydrogen) atoms. The highest BCUT2D eigenvalue weighted by Gasteiger charge is 2.33. The number of nitrogens with zero attached hydrogens (tertiary/aromatic N) is 6. The van der Waals surface area contributed by atoms with E-state index < -0.39 is 11.9 Å². The van der Waals surface area contributed by atoms with E-state index in [1.54, 1.807) is 24.5 Å². The van der Waals surface area contributed by atoms with E-state index in [-0.39, 0.29) is 24.1 Å². The molecule has 0 saturated heterocycles. The van der Waals surface area contributed by atoms with E-state index in [0.717, 1.165) is 12.0 Å². The Bertz CT molecular complexity index is 1360. The molecule has 10 heteroatoms. The molecule has 2 heterocycles. The highest BCUT2D eigenvalue weighted by Crippen LogP contribution is 2.28. The van der Waals surface area contributed by atoms with Crippen molar-refractivity contribution < 1.29 is 14.0 Å². The van der Waals surface area contributed by atoms with Crippen molar-refractivity contribution in [3.05, 3.63) is 90.0 Å². The van der Waals surface area contributed by atoms with Crippen LogP contribution in [-0.2, 0) is 16.1 Å². The second-order valence-corrected chi connectivity index (χ2v) is 9.41. The van der Waals surface area contributed by atoms with Gasteiger partial charge in [-0.3, -0.25) is 19.5 Å². The number of aryl methyl sites for hydroxylation is 1. The van der Waals surface area contributed by atoms with Crippen LogP contribution in [0.15, 0.2) is 73.1 Å². The molecule has 2 amide bonds. The Morgan fingerprint density at radius 1 is 1.00 bits per heavy atom. The van der Waals surface area contributed by atoms with Crippen LogP contribution in [0.1, 0.15) is 37.4 Å². The van der Waals surface area contributed by atoms with Gasteiger partial charge in [0, 0.05) is 30.2 Å². The Hall–Kier alpha value is -4.47. The Kier molecular flexibility index (Phi) is 8.52. The number of benzene rings is 2. The molecule has 2 aromatic carbocycles. The van der Waals surface area contributed by atoms with Crippen LogP contribution < -0.4 is 10.2 Å². The molecule has 0 radical (unpaired) electrons. The molecule has 0 spiro atoms. The molecule has 1 N–H and O–H groups in total. The number of tetrazole rings is 1.